The van der Waals surface area contributed by atoms with Crippen LogP contribution in [0.4, 0.5) is 5.82 Å². The van der Waals surface area contributed by atoms with Gasteiger partial charge in [-0.25, -0.2) is 0 Å². The number of anilines is 1. The second-order valence-corrected chi connectivity index (χ2v) is 4.08. The molecule has 98 valence electrons. The van der Waals surface area contributed by atoms with Gasteiger partial charge < -0.3 is 10.0 Å². The van der Waals surface area contributed by atoms with E-state index in [-0.39, 0.29) is 6.42 Å². The Kier molecular flexibility index (Phi) is 4.02. The van der Waals surface area contributed by atoms with E-state index in [2.05, 4.69) is 15.2 Å². The fraction of sp³-hybridized carbons (Fsp3) is 0.231. The summed E-state index contributed by atoms with van der Waals surface area (Å²) in [6, 6.07) is 7.40. The van der Waals surface area contributed by atoms with Crippen molar-refractivity contribution in [2.75, 3.05) is 18.5 Å². The van der Waals surface area contributed by atoms with Crippen molar-refractivity contribution >= 4 is 11.8 Å². The molecule has 19 heavy (non-hydrogen) atoms. The van der Waals surface area contributed by atoms with E-state index in [0.29, 0.717) is 12.4 Å². The number of hydrogen-bond acceptors (Lipinski definition) is 5. The minimum atomic E-state index is -0.826. The highest BCUT2D eigenvalue weighted by Gasteiger charge is 2.06. The third-order valence-corrected chi connectivity index (χ3v) is 2.68. The van der Waals surface area contributed by atoms with Gasteiger partial charge in [0, 0.05) is 31.5 Å². The van der Waals surface area contributed by atoms with Crippen molar-refractivity contribution in [2.45, 2.75) is 6.42 Å². The molecule has 0 atom stereocenters. The van der Waals surface area contributed by atoms with E-state index in [0.717, 1.165) is 11.3 Å². The summed E-state index contributed by atoms with van der Waals surface area (Å²) >= 11 is 0. The zero-order valence-corrected chi connectivity index (χ0v) is 10.5. The molecular weight excluding hydrogens is 244 g/mol. The van der Waals surface area contributed by atoms with Crippen molar-refractivity contribution < 1.29 is 9.90 Å². The van der Waals surface area contributed by atoms with Gasteiger partial charge in [0.15, 0.2) is 5.82 Å². The molecule has 6 nitrogen and oxygen atoms in total. The van der Waals surface area contributed by atoms with E-state index in [1.165, 1.54) is 0 Å². The van der Waals surface area contributed by atoms with Crippen LogP contribution in [0, 0.1) is 0 Å². The van der Waals surface area contributed by atoms with Gasteiger partial charge in [-0.2, -0.15) is 0 Å². The number of carbonyl (C=O) groups is 1. The maximum atomic E-state index is 10.5. The number of pyridine rings is 1. The lowest BCUT2D eigenvalue weighted by Crippen LogP contribution is -2.22. The number of hydrogen-bond donors (Lipinski definition) is 1. The van der Waals surface area contributed by atoms with Crippen molar-refractivity contribution in [2.24, 2.45) is 0 Å². The molecule has 1 N–H and O–H groups in total. The average molecular weight is 258 g/mol. The number of aliphatic carboxylic acids is 1. The summed E-state index contributed by atoms with van der Waals surface area (Å²) in [6.45, 7) is 0.401. The van der Waals surface area contributed by atoms with E-state index in [9.17, 15) is 4.79 Å². The fourth-order valence-corrected chi connectivity index (χ4v) is 1.58. The molecule has 0 bridgehead atoms. The highest BCUT2D eigenvalue weighted by molar-refractivity contribution is 5.67. The summed E-state index contributed by atoms with van der Waals surface area (Å²) in [6.07, 6.45) is 3.47. The SMILES string of the molecule is CN(CCC(=O)O)c1ccc(-c2ccncc2)nn1. The maximum Gasteiger partial charge on any atom is 0.305 e. The first-order valence-corrected chi connectivity index (χ1v) is 5.84. The Morgan fingerprint density at radius 2 is 1.95 bits per heavy atom. The molecule has 0 saturated carbocycles. The predicted octanol–water partition coefficient (Wildman–Crippen LogP) is 1.45. The highest BCUT2D eigenvalue weighted by atomic mass is 16.4. The van der Waals surface area contributed by atoms with Crippen LogP contribution >= 0.6 is 0 Å². The van der Waals surface area contributed by atoms with Gasteiger partial charge in [-0.15, -0.1) is 10.2 Å². The van der Waals surface area contributed by atoms with Crippen molar-refractivity contribution in [1.82, 2.24) is 15.2 Å². The van der Waals surface area contributed by atoms with Crippen LogP contribution < -0.4 is 4.90 Å². The van der Waals surface area contributed by atoms with E-state index in [1.54, 1.807) is 24.3 Å². The second kappa shape index (κ2) is 5.90. The van der Waals surface area contributed by atoms with Crippen LogP contribution in [0.1, 0.15) is 6.42 Å². The summed E-state index contributed by atoms with van der Waals surface area (Å²) < 4.78 is 0. The smallest absolute Gasteiger partial charge is 0.305 e. The molecule has 0 aliphatic heterocycles. The van der Waals surface area contributed by atoms with Gasteiger partial charge in [-0.3, -0.25) is 9.78 Å². The van der Waals surface area contributed by atoms with Crippen molar-refractivity contribution in [3.8, 4) is 11.3 Å². The summed E-state index contributed by atoms with van der Waals surface area (Å²) in [4.78, 5) is 16.2. The Morgan fingerprint density at radius 1 is 1.21 bits per heavy atom. The topological polar surface area (TPSA) is 79.2 Å². The molecule has 0 fully saturated rings. The van der Waals surface area contributed by atoms with Gasteiger partial charge in [0.25, 0.3) is 0 Å². The van der Waals surface area contributed by atoms with Gasteiger partial charge in [0.05, 0.1) is 12.1 Å². The number of carboxylic acids is 1. The van der Waals surface area contributed by atoms with E-state index in [4.69, 9.17) is 5.11 Å². The molecule has 2 heterocycles. The Hall–Kier alpha value is -2.50. The zero-order chi connectivity index (χ0) is 13.7. The Balaban J connectivity index is 2.08. The molecule has 0 unspecified atom stereocenters. The van der Waals surface area contributed by atoms with E-state index in [1.807, 2.05) is 24.3 Å². The number of nitrogens with zero attached hydrogens (tertiary/aromatic N) is 4. The lowest BCUT2D eigenvalue weighted by atomic mass is 10.2. The predicted molar refractivity (Wildman–Crippen MR) is 70.8 cm³/mol. The third-order valence-electron chi connectivity index (χ3n) is 2.68. The Bertz CT molecular complexity index is 542. The lowest BCUT2D eigenvalue weighted by molar-refractivity contribution is -0.136. The van der Waals surface area contributed by atoms with Crippen LogP contribution in [0.5, 0.6) is 0 Å². The van der Waals surface area contributed by atoms with Gasteiger partial charge in [-0.1, -0.05) is 0 Å². The normalized spacial score (nSPS) is 10.2. The number of carboxylic acid groups (broad SMARTS) is 1. The first-order valence-electron chi connectivity index (χ1n) is 5.84. The van der Waals surface area contributed by atoms with Crippen LogP contribution in [0.2, 0.25) is 0 Å². The van der Waals surface area contributed by atoms with Crippen LogP contribution in [0.3, 0.4) is 0 Å². The third kappa shape index (κ3) is 3.48. The fourth-order valence-electron chi connectivity index (χ4n) is 1.58. The molecule has 2 rings (SSSR count). The number of rotatable bonds is 5. The monoisotopic (exact) mass is 258 g/mol. The molecule has 2 aromatic heterocycles. The molecule has 6 heteroatoms. The summed E-state index contributed by atoms with van der Waals surface area (Å²) in [5.41, 5.74) is 1.71. The Labute approximate surface area is 110 Å². The van der Waals surface area contributed by atoms with Gasteiger partial charge in [0.1, 0.15) is 0 Å². The molecule has 0 aliphatic rings. The molecule has 2 aromatic rings. The van der Waals surface area contributed by atoms with Crippen LogP contribution in [0.15, 0.2) is 36.7 Å². The van der Waals surface area contributed by atoms with Crippen molar-refractivity contribution in [3.05, 3.63) is 36.7 Å². The highest BCUT2D eigenvalue weighted by Crippen LogP contribution is 2.16. The molecule has 0 aliphatic carbocycles. The van der Waals surface area contributed by atoms with Gasteiger partial charge >= 0.3 is 5.97 Å². The molecule has 0 radical (unpaired) electrons. The maximum absolute atomic E-state index is 10.5. The molecule has 0 aromatic carbocycles. The van der Waals surface area contributed by atoms with Crippen molar-refractivity contribution in [3.63, 3.8) is 0 Å². The quantitative estimate of drug-likeness (QED) is 0.874. The lowest BCUT2D eigenvalue weighted by Gasteiger charge is -2.16. The zero-order valence-electron chi connectivity index (χ0n) is 10.5. The number of aromatic nitrogens is 3. The Morgan fingerprint density at radius 3 is 2.53 bits per heavy atom. The standard InChI is InChI=1S/C13H14N4O2/c1-17(9-6-13(18)19)12-3-2-11(15-16-12)10-4-7-14-8-5-10/h2-5,7-8H,6,9H2,1H3,(H,18,19). The summed E-state index contributed by atoms with van der Waals surface area (Å²) in [7, 11) is 1.79. The average Bonchev–Trinajstić information content (AvgIpc) is 2.46. The summed E-state index contributed by atoms with van der Waals surface area (Å²) in [5.74, 6) is -0.174. The molecule has 0 spiro atoms. The van der Waals surface area contributed by atoms with Crippen molar-refractivity contribution in [1.29, 1.82) is 0 Å². The molecule has 0 saturated heterocycles. The van der Waals surface area contributed by atoms with Gasteiger partial charge in [-0.05, 0) is 24.3 Å². The first-order chi connectivity index (χ1) is 9.16. The van der Waals surface area contributed by atoms with Crippen LogP contribution in [-0.4, -0.2) is 39.8 Å². The van der Waals surface area contributed by atoms with E-state index < -0.39 is 5.97 Å². The largest absolute Gasteiger partial charge is 0.481 e. The van der Waals surface area contributed by atoms with Gasteiger partial charge in [0.2, 0.25) is 0 Å². The minimum Gasteiger partial charge on any atom is -0.481 e. The second-order valence-electron chi connectivity index (χ2n) is 4.08. The molecular formula is C13H14N4O2. The van der Waals surface area contributed by atoms with Crippen LogP contribution in [-0.2, 0) is 4.79 Å². The van der Waals surface area contributed by atoms with E-state index >= 15 is 0 Å². The molecule has 0 amide bonds. The van der Waals surface area contributed by atoms with Crippen LogP contribution in [0.25, 0.3) is 11.3 Å². The minimum absolute atomic E-state index is 0.0737. The summed E-state index contributed by atoms with van der Waals surface area (Å²) in [5, 5.41) is 16.9. The first kappa shape index (κ1) is 12.9.